The van der Waals surface area contributed by atoms with Gasteiger partial charge in [0.1, 0.15) is 5.75 Å². The van der Waals surface area contributed by atoms with E-state index in [2.05, 4.69) is 43.2 Å². The van der Waals surface area contributed by atoms with Gasteiger partial charge in [0.05, 0.1) is 6.54 Å². The monoisotopic (exact) mass is 503 g/mol. The largest absolute Gasteiger partial charge is 0.434 e. The van der Waals surface area contributed by atoms with Crippen molar-refractivity contribution in [3.63, 3.8) is 0 Å². The van der Waals surface area contributed by atoms with Gasteiger partial charge in [0.25, 0.3) is 0 Å². The van der Waals surface area contributed by atoms with Crippen molar-refractivity contribution in [1.82, 2.24) is 10.6 Å². The van der Waals surface area contributed by atoms with Gasteiger partial charge in [0, 0.05) is 22.6 Å². The third kappa shape index (κ3) is 6.78. The number of hydrogen-bond acceptors (Lipinski definition) is 2. The van der Waals surface area contributed by atoms with Crippen LogP contribution in [0.3, 0.4) is 0 Å². The summed E-state index contributed by atoms with van der Waals surface area (Å²) in [5, 5.41) is 6.48. The molecule has 0 heterocycles. The average Bonchev–Trinajstić information content (AvgIpc) is 3.14. The average molecular weight is 504 g/mol. The third-order valence-corrected chi connectivity index (χ3v) is 3.92. The summed E-state index contributed by atoms with van der Waals surface area (Å²) < 4.78 is 30.2. The van der Waals surface area contributed by atoms with Crippen LogP contribution in [0.1, 0.15) is 25.8 Å². The van der Waals surface area contributed by atoms with Crippen LogP contribution in [-0.4, -0.2) is 25.2 Å². The van der Waals surface area contributed by atoms with E-state index >= 15 is 0 Å². The first kappa shape index (κ1) is 20.4. The van der Waals surface area contributed by atoms with E-state index in [9.17, 15) is 8.78 Å². The first-order valence-electron chi connectivity index (χ1n) is 7.27. The Kier molecular flexibility index (Phi) is 8.52. The number of benzene rings is 1. The number of hydrogen-bond donors (Lipinski definition) is 2. The van der Waals surface area contributed by atoms with Crippen LogP contribution < -0.4 is 15.4 Å². The second kappa shape index (κ2) is 9.61. The standard InChI is InChI=1S/C15H20BrF2N3O.HI/c1-3-19-15(21-12-6-9(12)2)20-8-10-7-11(16)4-5-13(10)22-14(17)18;/h4-5,7,9,12,14H,3,6,8H2,1-2H3,(H2,19,20,21);1H. The van der Waals surface area contributed by atoms with E-state index in [4.69, 9.17) is 0 Å². The van der Waals surface area contributed by atoms with Gasteiger partial charge in [-0.1, -0.05) is 22.9 Å². The fourth-order valence-corrected chi connectivity index (χ4v) is 2.47. The molecule has 0 bridgehead atoms. The van der Waals surface area contributed by atoms with Crippen LogP contribution >= 0.6 is 39.9 Å². The van der Waals surface area contributed by atoms with Gasteiger partial charge in [-0.3, -0.25) is 0 Å². The van der Waals surface area contributed by atoms with Crippen LogP contribution in [0.2, 0.25) is 0 Å². The summed E-state index contributed by atoms with van der Waals surface area (Å²) in [6, 6.07) is 5.37. The van der Waals surface area contributed by atoms with Crippen molar-refractivity contribution >= 4 is 45.9 Å². The zero-order chi connectivity index (χ0) is 16.1. The maximum Gasteiger partial charge on any atom is 0.387 e. The van der Waals surface area contributed by atoms with E-state index in [1.807, 2.05) is 6.92 Å². The number of nitrogens with zero attached hydrogens (tertiary/aromatic N) is 1. The van der Waals surface area contributed by atoms with Crippen molar-refractivity contribution in [3.05, 3.63) is 28.2 Å². The summed E-state index contributed by atoms with van der Waals surface area (Å²) in [6.45, 7) is 2.31. The van der Waals surface area contributed by atoms with Crippen molar-refractivity contribution in [2.45, 2.75) is 39.5 Å². The van der Waals surface area contributed by atoms with E-state index < -0.39 is 6.61 Å². The Bertz CT molecular complexity index is 545. The Labute approximate surface area is 160 Å². The summed E-state index contributed by atoms with van der Waals surface area (Å²) in [6.07, 6.45) is 1.13. The number of rotatable bonds is 6. The van der Waals surface area contributed by atoms with Crippen molar-refractivity contribution in [2.75, 3.05) is 6.54 Å². The summed E-state index contributed by atoms with van der Waals surface area (Å²) in [4.78, 5) is 4.46. The van der Waals surface area contributed by atoms with Gasteiger partial charge in [-0.2, -0.15) is 8.78 Å². The molecule has 130 valence electrons. The molecule has 1 saturated carbocycles. The number of guanidine groups is 1. The van der Waals surface area contributed by atoms with Crippen LogP contribution in [0.5, 0.6) is 5.75 Å². The molecule has 0 radical (unpaired) electrons. The third-order valence-electron chi connectivity index (χ3n) is 3.42. The van der Waals surface area contributed by atoms with Crippen molar-refractivity contribution < 1.29 is 13.5 Å². The molecular formula is C15H21BrF2IN3O. The Morgan fingerprint density at radius 1 is 1.48 bits per heavy atom. The van der Waals surface area contributed by atoms with Crippen molar-refractivity contribution in [1.29, 1.82) is 0 Å². The zero-order valence-electron chi connectivity index (χ0n) is 13.0. The molecule has 2 N–H and O–H groups in total. The molecule has 8 heteroatoms. The number of aliphatic imine (C=N–C) groups is 1. The van der Waals surface area contributed by atoms with Crippen LogP contribution in [0.25, 0.3) is 0 Å². The minimum Gasteiger partial charge on any atom is -0.434 e. The lowest BCUT2D eigenvalue weighted by Crippen LogP contribution is -2.39. The fraction of sp³-hybridized carbons (Fsp3) is 0.533. The topological polar surface area (TPSA) is 45.7 Å². The lowest BCUT2D eigenvalue weighted by atomic mass is 10.2. The van der Waals surface area contributed by atoms with Gasteiger partial charge >= 0.3 is 6.61 Å². The molecule has 1 aliphatic rings. The molecule has 0 spiro atoms. The smallest absolute Gasteiger partial charge is 0.387 e. The molecule has 1 aromatic carbocycles. The van der Waals surface area contributed by atoms with Gasteiger partial charge in [-0.05, 0) is 37.5 Å². The number of nitrogens with one attached hydrogen (secondary N) is 2. The molecule has 0 aromatic heterocycles. The number of halogens is 4. The highest BCUT2D eigenvalue weighted by Gasteiger charge is 2.33. The molecule has 2 unspecified atom stereocenters. The minimum atomic E-state index is -2.84. The molecule has 1 fully saturated rings. The second-order valence-corrected chi connectivity index (χ2v) is 6.21. The maximum atomic E-state index is 12.4. The van der Waals surface area contributed by atoms with Crippen LogP contribution in [0.15, 0.2) is 27.7 Å². The highest BCUT2D eigenvalue weighted by atomic mass is 127. The van der Waals surface area contributed by atoms with Gasteiger partial charge in [0.2, 0.25) is 0 Å². The Hall–Kier alpha value is -0.640. The molecule has 4 nitrogen and oxygen atoms in total. The summed E-state index contributed by atoms with van der Waals surface area (Å²) >= 11 is 3.34. The minimum absolute atomic E-state index is 0. The Morgan fingerprint density at radius 3 is 2.74 bits per heavy atom. The summed E-state index contributed by atoms with van der Waals surface area (Å²) in [5.74, 6) is 1.49. The first-order valence-corrected chi connectivity index (χ1v) is 8.07. The SMILES string of the molecule is CCNC(=NCc1cc(Br)ccc1OC(F)F)NC1CC1C.I. The molecular weight excluding hydrogens is 483 g/mol. The molecule has 0 saturated heterocycles. The molecule has 0 aliphatic heterocycles. The molecule has 2 rings (SSSR count). The number of ether oxygens (including phenoxy) is 1. The predicted molar refractivity (Wildman–Crippen MR) is 102 cm³/mol. The molecule has 1 aliphatic carbocycles. The van der Waals surface area contributed by atoms with E-state index in [0.29, 0.717) is 23.5 Å². The van der Waals surface area contributed by atoms with E-state index in [0.717, 1.165) is 17.4 Å². The number of alkyl halides is 2. The van der Waals surface area contributed by atoms with Crippen molar-refractivity contribution in [2.24, 2.45) is 10.9 Å². The Balaban J connectivity index is 0.00000264. The zero-order valence-corrected chi connectivity index (χ0v) is 16.9. The lowest BCUT2D eigenvalue weighted by Gasteiger charge is -2.13. The van der Waals surface area contributed by atoms with Gasteiger partial charge in [-0.15, -0.1) is 24.0 Å². The quantitative estimate of drug-likeness (QED) is 0.348. The molecule has 2 atom stereocenters. The maximum absolute atomic E-state index is 12.4. The highest BCUT2D eigenvalue weighted by molar-refractivity contribution is 14.0. The first-order chi connectivity index (χ1) is 10.5. The van der Waals surface area contributed by atoms with Crippen LogP contribution in [0.4, 0.5) is 8.78 Å². The molecule has 23 heavy (non-hydrogen) atoms. The lowest BCUT2D eigenvalue weighted by molar-refractivity contribution is -0.0504. The fourth-order valence-electron chi connectivity index (χ4n) is 2.07. The van der Waals surface area contributed by atoms with Gasteiger partial charge in [-0.25, -0.2) is 4.99 Å². The summed E-state index contributed by atoms with van der Waals surface area (Å²) in [5.41, 5.74) is 0.607. The molecule has 0 amide bonds. The van der Waals surface area contributed by atoms with E-state index in [1.165, 1.54) is 6.07 Å². The van der Waals surface area contributed by atoms with Gasteiger partial charge < -0.3 is 15.4 Å². The Morgan fingerprint density at radius 2 is 2.17 bits per heavy atom. The molecule has 1 aromatic rings. The summed E-state index contributed by atoms with van der Waals surface area (Å²) in [7, 11) is 0. The van der Waals surface area contributed by atoms with E-state index in [-0.39, 0.29) is 36.3 Å². The second-order valence-electron chi connectivity index (χ2n) is 5.29. The normalized spacial score (nSPS) is 20.0. The van der Waals surface area contributed by atoms with Crippen LogP contribution in [0, 0.1) is 5.92 Å². The van der Waals surface area contributed by atoms with Crippen molar-refractivity contribution in [3.8, 4) is 5.75 Å². The predicted octanol–water partition coefficient (Wildman–Crippen LogP) is 4.13. The van der Waals surface area contributed by atoms with Gasteiger partial charge in [0.15, 0.2) is 5.96 Å². The highest BCUT2D eigenvalue weighted by Crippen LogP contribution is 2.29. The van der Waals surface area contributed by atoms with E-state index in [1.54, 1.807) is 12.1 Å². The van der Waals surface area contributed by atoms with Crippen LogP contribution in [-0.2, 0) is 6.54 Å².